The molecule has 0 amide bonds. The Labute approximate surface area is 166 Å². The van der Waals surface area contributed by atoms with Gasteiger partial charge in [-0.05, 0) is 63.0 Å². The molecule has 0 aliphatic heterocycles. The van der Waals surface area contributed by atoms with Gasteiger partial charge in [0.25, 0.3) is 0 Å². The van der Waals surface area contributed by atoms with E-state index in [1.807, 2.05) is 32.9 Å². The number of hydrogen-bond donors (Lipinski definition) is 0. The fourth-order valence-electron chi connectivity index (χ4n) is 4.48. The highest BCUT2D eigenvalue weighted by Gasteiger charge is 2.62. The maximum absolute atomic E-state index is 12.4. The first-order valence-corrected chi connectivity index (χ1v) is 10.1. The fraction of sp³-hybridized carbons (Fsp3) is 0.609. The predicted octanol–water partition coefficient (Wildman–Crippen LogP) is 3.37. The van der Waals surface area contributed by atoms with Crippen LogP contribution in [-0.2, 0) is 36.7 Å². The van der Waals surface area contributed by atoms with Crippen LogP contribution in [-0.4, -0.2) is 31.4 Å². The third kappa shape index (κ3) is 4.45. The minimum absolute atomic E-state index is 0.108. The largest absolute Gasteiger partial charge is 0.469 e. The van der Waals surface area contributed by atoms with E-state index in [2.05, 4.69) is 12.1 Å². The van der Waals surface area contributed by atoms with E-state index in [0.29, 0.717) is 24.7 Å². The number of fused-ring (bicyclic) bond motifs is 1. The van der Waals surface area contributed by atoms with Crippen LogP contribution in [0.2, 0.25) is 0 Å². The lowest BCUT2D eigenvalue weighted by Gasteiger charge is -2.27. The number of esters is 2. The molecule has 1 aromatic rings. The summed E-state index contributed by atoms with van der Waals surface area (Å²) in [5.74, 6) is 0.541. The second kappa shape index (κ2) is 8.06. The van der Waals surface area contributed by atoms with E-state index < -0.39 is 5.41 Å². The van der Waals surface area contributed by atoms with Crippen LogP contribution < -0.4 is 0 Å². The molecule has 0 saturated heterocycles. The lowest BCUT2D eigenvalue weighted by molar-refractivity contribution is -0.161. The van der Waals surface area contributed by atoms with Gasteiger partial charge in [0, 0.05) is 18.3 Å². The van der Waals surface area contributed by atoms with Crippen molar-refractivity contribution in [3.8, 4) is 0 Å². The molecule has 3 rings (SSSR count). The first-order valence-electron chi connectivity index (χ1n) is 10.1. The summed E-state index contributed by atoms with van der Waals surface area (Å²) in [6.45, 7) is 5.58. The van der Waals surface area contributed by atoms with Gasteiger partial charge in [0.1, 0.15) is 12.4 Å². The second-order valence-corrected chi connectivity index (χ2v) is 9.15. The molecule has 0 aromatic heterocycles. The van der Waals surface area contributed by atoms with Crippen molar-refractivity contribution < 1.29 is 23.9 Å². The first-order chi connectivity index (χ1) is 13.2. The maximum atomic E-state index is 12.4. The van der Waals surface area contributed by atoms with Gasteiger partial charge in [0.2, 0.25) is 0 Å². The van der Waals surface area contributed by atoms with E-state index in [1.165, 1.54) is 7.11 Å². The van der Waals surface area contributed by atoms with E-state index in [4.69, 9.17) is 9.47 Å². The van der Waals surface area contributed by atoms with Crippen molar-refractivity contribution in [2.75, 3.05) is 7.11 Å². The molecule has 5 atom stereocenters. The topological polar surface area (TPSA) is 69.7 Å². The minimum Gasteiger partial charge on any atom is -0.469 e. The fourth-order valence-corrected chi connectivity index (χ4v) is 4.48. The Morgan fingerprint density at radius 2 is 1.93 bits per heavy atom. The second-order valence-electron chi connectivity index (χ2n) is 9.15. The molecule has 2 fully saturated rings. The van der Waals surface area contributed by atoms with Gasteiger partial charge in [-0.1, -0.05) is 24.3 Å². The number of carbonyl (C=O) groups is 3. The predicted molar refractivity (Wildman–Crippen MR) is 104 cm³/mol. The van der Waals surface area contributed by atoms with Crippen molar-refractivity contribution in [1.82, 2.24) is 0 Å². The van der Waals surface area contributed by atoms with Crippen molar-refractivity contribution >= 4 is 18.2 Å². The van der Waals surface area contributed by atoms with E-state index in [9.17, 15) is 14.4 Å². The molecule has 0 N–H and O–H groups in total. The van der Waals surface area contributed by atoms with Crippen LogP contribution in [0.1, 0.15) is 44.7 Å². The van der Waals surface area contributed by atoms with E-state index in [1.54, 1.807) is 0 Å². The molecule has 1 aromatic carbocycles. The highest BCUT2D eigenvalue weighted by Crippen LogP contribution is 2.61. The summed E-state index contributed by atoms with van der Waals surface area (Å²) >= 11 is 0. The molecule has 2 aliphatic carbocycles. The molecule has 28 heavy (non-hydrogen) atoms. The lowest BCUT2D eigenvalue weighted by Crippen LogP contribution is -2.33. The molecular weight excluding hydrogens is 356 g/mol. The third-order valence-corrected chi connectivity index (χ3v) is 6.10. The van der Waals surface area contributed by atoms with Crippen molar-refractivity contribution in [1.29, 1.82) is 0 Å². The van der Waals surface area contributed by atoms with Crippen molar-refractivity contribution in [2.24, 2.45) is 29.1 Å². The van der Waals surface area contributed by atoms with Gasteiger partial charge in [0.15, 0.2) is 0 Å². The molecule has 0 spiro atoms. The van der Waals surface area contributed by atoms with E-state index >= 15 is 0 Å². The van der Waals surface area contributed by atoms with Crippen molar-refractivity contribution in [3.63, 3.8) is 0 Å². The van der Waals surface area contributed by atoms with Crippen LogP contribution >= 0.6 is 0 Å². The smallest absolute Gasteiger partial charge is 0.311 e. The van der Waals surface area contributed by atoms with Gasteiger partial charge in [0.05, 0.1) is 12.5 Å². The number of hydrogen-bond acceptors (Lipinski definition) is 5. The molecule has 0 heterocycles. The summed E-state index contributed by atoms with van der Waals surface area (Å²) in [5.41, 5.74) is 1.71. The number of carbonyl (C=O) groups excluding carboxylic acids is 3. The number of rotatable bonds is 7. The summed E-state index contributed by atoms with van der Waals surface area (Å²) in [6.07, 6.45) is 3.49. The molecular formula is C23H30O5. The van der Waals surface area contributed by atoms with Crippen molar-refractivity contribution in [3.05, 3.63) is 35.4 Å². The Morgan fingerprint density at radius 3 is 2.57 bits per heavy atom. The highest BCUT2D eigenvalue weighted by atomic mass is 16.5. The number of benzene rings is 1. The zero-order chi connectivity index (χ0) is 20.5. The van der Waals surface area contributed by atoms with Crippen molar-refractivity contribution in [2.45, 2.75) is 52.6 Å². The van der Waals surface area contributed by atoms with Gasteiger partial charge in [-0.25, -0.2) is 0 Å². The summed E-state index contributed by atoms with van der Waals surface area (Å²) in [7, 11) is 1.40. The van der Waals surface area contributed by atoms with Gasteiger partial charge in [-0.3, -0.25) is 9.59 Å². The summed E-state index contributed by atoms with van der Waals surface area (Å²) in [6, 6.07) is 8.17. The summed E-state index contributed by atoms with van der Waals surface area (Å²) < 4.78 is 10.6. The quantitative estimate of drug-likeness (QED) is 0.531. The average molecular weight is 386 g/mol. The zero-order valence-electron chi connectivity index (χ0n) is 17.1. The monoisotopic (exact) mass is 386 g/mol. The number of methoxy groups -OCH3 is 1. The van der Waals surface area contributed by atoms with Gasteiger partial charge in [-0.2, -0.15) is 0 Å². The van der Waals surface area contributed by atoms with E-state index in [0.717, 1.165) is 30.3 Å². The van der Waals surface area contributed by atoms with Gasteiger partial charge >= 0.3 is 11.9 Å². The molecule has 0 bridgehead atoms. The van der Waals surface area contributed by atoms with Gasteiger partial charge < -0.3 is 14.3 Å². The van der Waals surface area contributed by atoms with Crippen LogP contribution in [0.25, 0.3) is 0 Å². The molecule has 2 saturated carbocycles. The average Bonchev–Trinajstić information content (AvgIpc) is 3.24. The molecule has 5 heteroatoms. The van der Waals surface area contributed by atoms with Crippen LogP contribution in [0.3, 0.4) is 0 Å². The molecule has 5 unspecified atom stereocenters. The first kappa shape index (κ1) is 20.6. The number of aryl methyl sites for hydroxylation is 1. The Balaban J connectivity index is 1.70. The molecule has 5 nitrogen and oxygen atoms in total. The molecule has 152 valence electrons. The van der Waals surface area contributed by atoms with Crippen LogP contribution in [0.5, 0.6) is 0 Å². The van der Waals surface area contributed by atoms with Crippen LogP contribution in [0, 0.1) is 29.1 Å². The molecule has 2 aliphatic rings. The van der Waals surface area contributed by atoms with Gasteiger partial charge in [-0.15, -0.1) is 0 Å². The number of aldehydes is 1. The molecule has 0 radical (unpaired) electrons. The Hall–Kier alpha value is -2.17. The minimum atomic E-state index is -0.533. The highest BCUT2D eigenvalue weighted by molar-refractivity contribution is 5.75. The SMILES string of the molecule is COC(=O)CCc1cccc(CC2C(OC(=O)C(C)(C)C)CC3C(C=O)C23)c1. The summed E-state index contributed by atoms with van der Waals surface area (Å²) in [5, 5.41) is 0. The van der Waals surface area contributed by atoms with E-state index in [-0.39, 0.29) is 29.9 Å². The Morgan fingerprint density at radius 1 is 1.21 bits per heavy atom. The lowest BCUT2D eigenvalue weighted by atomic mass is 9.89. The van der Waals surface area contributed by atoms with Crippen LogP contribution in [0.15, 0.2) is 24.3 Å². The normalized spacial score (nSPS) is 28.4. The Bertz CT molecular complexity index is 748. The van der Waals surface area contributed by atoms with Crippen LogP contribution in [0.4, 0.5) is 0 Å². The third-order valence-electron chi connectivity index (χ3n) is 6.10. The standard InChI is InChI=1S/C23H30O5/c1-23(2,3)22(26)28-19-12-16-18(13-24)21(16)17(19)11-15-7-5-6-14(10-15)8-9-20(25)27-4/h5-7,10,13,16-19,21H,8-9,11-12H2,1-4H3. The zero-order valence-corrected chi connectivity index (χ0v) is 17.1. The maximum Gasteiger partial charge on any atom is 0.311 e. The summed E-state index contributed by atoms with van der Waals surface area (Å²) in [4.78, 5) is 35.1. The number of ether oxygens (including phenoxy) is 2. The Kier molecular flexibility index (Phi) is 5.92.